The van der Waals surface area contributed by atoms with Crippen LogP contribution in [0.25, 0.3) is 0 Å². The zero-order valence-electron chi connectivity index (χ0n) is 8.67. The Balaban J connectivity index is 3.08. The van der Waals surface area contributed by atoms with Crippen molar-refractivity contribution in [3.8, 4) is 0 Å². The van der Waals surface area contributed by atoms with Gasteiger partial charge in [0.25, 0.3) is 0 Å². The Morgan fingerprint density at radius 3 is 2.38 bits per heavy atom. The van der Waals surface area contributed by atoms with E-state index in [0.29, 0.717) is 13.0 Å². The summed E-state index contributed by atoms with van der Waals surface area (Å²) in [4.78, 5) is 19.9. The molecule has 0 fully saturated rings. The van der Waals surface area contributed by atoms with Crippen molar-refractivity contribution in [2.45, 2.75) is 52.4 Å². The van der Waals surface area contributed by atoms with E-state index in [4.69, 9.17) is 0 Å². The third-order valence-electron chi connectivity index (χ3n) is 1.75. The van der Waals surface area contributed by atoms with Crippen LogP contribution in [0.4, 0.5) is 0 Å². The van der Waals surface area contributed by atoms with Gasteiger partial charge in [0.05, 0.1) is 6.61 Å². The van der Waals surface area contributed by atoms with Crippen LogP contribution in [-0.4, -0.2) is 12.6 Å². The van der Waals surface area contributed by atoms with Crippen LogP contribution in [0.5, 0.6) is 0 Å². The summed E-state index contributed by atoms with van der Waals surface area (Å²) < 4.78 is 0. The van der Waals surface area contributed by atoms with Crippen LogP contribution in [0, 0.1) is 0 Å². The van der Waals surface area contributed by atoms with E-state index in [1.54, 1.807) is 6.92 Å². The van der Waals surface area contributed by atoms with Crippen LogP contribution in [0.1, 0.15) is 52.4 Å². The first-order valence-corrected chi connectivity index (χ1v) is 5.13. The number of hydrogen-bond donors (Lipinski definition) is 0. The van der Waals surface area contributed by atoms with Crippen LogP contribution in [-0.2, 0) is 14.6 Å². The molecule has 13 heavy (non-hydrogen) atoms. The predicted molar refractivity (Wildman–Crippen MR) is 51.1 cm³/mol. The van der Waals surface area contributed by atoms with Gasteiger partial charge in [-0.25, -0.2) is 4.79 Å². The van der Waals surface area contributed by atoms with Gasteiger partial charge in [0, 0.05) is 6.42 Å². The summed E-state index contributed by atoms with van der Waals surface area (Å²) in [6.45, 7) is 4.37. The highest BCUT2D eigenvalue weighted by molar-refractivity contribution is 5.68. The normalized spacial score (nSPS) is 10.0. The zero-order valence-corrected chi connectivity index (χ0v) is 8.67. The Morgan fingerprint density at radius 2 is 1.77 bits per heavy atom. The SMILES string of the molecule is CCCCCCCC(=O)OOCC. The van der Waals surface area contributed by atoms with Crippen LogP contribution in [0.3, 0.4) is 0 Å². The van der Waals surface area contributed by atoms with E-state index >= 15 is 0 Å². The van der Waals surface area contributed by atoms with E-state index in [-0.39, 0.29) is 5.97 Å². The van der Waals surface area contributed by atoms with Crippen LogP contribution in [0.2, 0.25) is 0 Å². The molecule has 0 atom stereocenters. The lowest BCUT2D eigenvalue weighted by atomic mass is 10.1. The maximum atomic E-state index is 10.9. The summed E-state index contributed by atoms with van der Waals surface area (Å²) in [6.07, 6.45) is 6.17. The molecule has 0 saturated carbocycles. The second kappa shape index (κ2) is 9.52. The molecule has 78 valence electrons. The van der Waals surface area contributed by atoms with Gasteiger partial charge in [-0.2, -0.15) is 4.89 Å². The molecule has 0 amide bonds. The van der Waals surface area contributed by atoms with E-state index < -0.39 is 0 Å². The average molecular weight is 188 g/mol. The molecule has 0 aliphatic heterocycles. The molecule has 0 N–H and O–H groups in total. The van der Waals surface area contributed by atoms with Crippen molar-refractivity contribution in [3.63, 3.8) is 0 Å². The quantitative estimate of drug-likeness (QED) is 0.334. The minimum Gasteiger partial charge on any atom is -0.298 e. The van der Waals surface area contributed by atoms with Gasteiger partial charge in [-0.3, -0.25) is 4.89 Å². The number of carbonyl (C=O) groups is 1. The van der Waals surface area contributed by atoms with E-state index in [2.05, 4.69) is 16.7 Å². The van der Waals surface area contributed by atoms with Gasteiger partial charge in [0.15, 0.2) is 0 Å². The molecule has 0 aromatic carbocycles. The monoisotopic (exact) mass is 188 g/mol. The molecule has 0 aromatic heterocycles. The highest BCUT2D eigenvalue weighted by Crippen LogP contribution is 2.05. The molecule has 0 rings (SSSR count). The molecule has 0 unspecified atom stereocenters. The second-order valence-corrected chi connectivity index (χ2v) is 3.03. The first-order chi connectivity index (χ1) is 6.31. The summed E-state index contributed by atoms with van der Waals surface area (Å²) in [6, 6.07) is 0. The van der Waals surface area contributed by atoms with Gasteiger partial charge in [-0.15, -0.1) is 0 Å². The first kappa shape index (κ1) is 12.4. The van der Waals surface area contributed by atoms with E-state index in [1.165, 1.54) is 19.3 Å². The maximum Gasteiger partial charge on any atom is 0.342 e. The molecule has 3 nitrogen and oxygen atoms in total. The minimum atomic E-state index is -0.252. The highest BCUT2D eigenvalue weighted by Gasteiger charge is 2.02. The standard InChI is InChI=1S/C10H20O3/c1-3-5-6-7-8-9-10(11)13-12-4-2/h3-9H2,1-2H3. The molecule has 0 bridgehead atoms. The van der Waals surface area contributed by atoms with Crippen molar-refractivity contribution in [1.29, 1.82) is 0 Å². The molecular formula is C10H20O3. The Morgan fingerprint density at radius 1 is 1.08 bits per heavy atom. The fourth-order valence-corrected chi connectivity index (χ4v) is 1.04. The largest absolute Gasteiger partial charge is 0.342 e. The van der Waals surface area contributed by atoms with E-state index in [0.717, 1.165) is 12.8 Å². The second-order valence-electron chi connectivity index (χ2n) is 3.03. The highest BCUT2D eigenvalue weighted by atomic mass is 17.2. The Kier molecular flexibility index (Phi) is 9.10. The minimum absolute atomic E-state index is 0.252. The van der Waals surface area contributed by atoms with E-state index in [1.807, 2.05) is 0 Å². The third kappa shape index (κ3) is 9.34. The number of rotatable bonds is 8. The van der Waals surface area contributed by atoms with Crippen molar-refractivity contribution in [1.82, 2.24) is 0 Å². The summed E-state index contributed by atoms with van der Waals surface area (Å²) in [7, 11) is 0. The van der Waals surface area contributed by atoms with Gasteiger partial charge >= 0.3 is 5.97 Å². The van der Waals surface area contributed by atoms with Gasteiger partial charge < -0.3 is 0 Å². The molecule has 3 heteroatoms. The lowest BCUT2D eigenvalue weighted by Gasteiger charge is -2.00. The topological polar surface area (TPSA) is 35.5 Å². The van der Waals surface area contributed by atoms with Crippen molar-refractivity contribution >= 4 is 5.97 Å². The average Bonchev–Trinajstić information content (AvgIpc) is 2.14. The van der Waals surface area contributed by atoms with Crippen molar-refractivity contribution in [3.05, 3.63) is 0 Å². The molecule has 0 aromatic rings. The van der Waals surface area contributed by atoms with Crippen LogP contribution in [0.15, 0.2) is 0 Å². The first-order valence-electron chi connectivity index (χ1n) is 5.13. The lowest BCUT2D eigenvalue weighted by Crippen LogP contribution is -2.04. The fraction of sp³-hybridized carbons (Fsp3) is 0.900. The van der Waals surface area contributed by atoms with Crippen molar-refractivity contribution in [2.75, 3.05) is 6.61 Å². The molecule has 0 aliphatic rings. The predicted octanol–water partition coefficient (Wildman–Crippen LogP) is 2.84. The van der Waals surface area contributed by atoms with Crippen molar-refractivity contribution in [2.24, 2.45) is 0 Å². The summed E-state index contributed by atoms with van der Waals surface area (Å²) in [5.74, 6) is -0.252. The van der Waals surface area contributed by atoms with Crippen LogP contribution >= 0.6 is 0 Å². The van der Waals surface area contributed by atoms with E-state index in [9.17, 15) is 4.79 Å². The van der Waals surface area contributed by atoms with Gasteiger partial charge in [-0.1, -0.05) is 32.6 Å². The lowest BCUT2D eigenvalue weighted by molar-refractivity contribution is -0.269. The number of unbranched alkanes of at least 4 members (excludes halogenated alkanes) is 4. The van der Waals surface area contributed by atoms with Gasteiger partial charge in [0.1, 0.15) is 0 Å². The molecule has 0 saturated heterocycles. The van der Waals surface area contributed by atoms with Gasteiger partial charge in [-0.05, 0) is 13.3 Å². The summed E-state index contributed by atoms with van der Waals surface area (Å²) in [5.41, 5.74) is 0. The molecule has 0 aliphatic carbocycles. The van der Waals surface area contributed by atoms with Gasteiger partial charge in [0.2, 0.25) is 0 Å². The Bertz CT molecular complexity index is 123. The van der Waals surface area contributed by atoms with Crippen LogP contribution < -0.4 is 0 Å². The smallest absolute Gasteiger partial charge is 0.298 e. The van der Waals surface area contributed by atoms with Crippen molar-refractivity contribution < 1.29 is 14.6 Å². The number of hydrogen-bond acceptors (Lipinski definition) is 3. The molecule has 0 heterocycles. The Hall–Kier alpha value is -0.570. The maximum absolute atomic E-state index is 10.9. The molecular weight excluding hydrogens is 168 g/mol. The summed E-state index contributed by atoms with van der Waals surface area (Å²) >= 11 is 0. The zero-order chi connectivity index (χ0) is 9.94. The summed E-state index contributed by atoms with van der Waals surface area (Å²) in [5, 5.41) is 0. The molecule has 0 spiro atoms. The third-order valence-corrected chi connectivity index (χ3v) is 1.75. The molecule has 0 radical (unpaired) electrons. The Labute approximate surface area is 80.3 Å². The fourth-order valence-electron chi connectivity index (χ4n) is 1.04. The number of carbonyl (C=O) groups excluding carboxylic acids is 1.